The van der Waals surface area contributed by atoms with E-state index in [9.17, 15) is 28.8 Å². The number of hydrazine groups is 1. The predicted molar refractivity (Wildman–Crippen MR) is 136 cm³/mol. The molecule has 0 aliphatic carbocycles. The van der Waals surface area contributed by atoms with E-state index in [1.807, 2.05) is 6.07 Å². The van der Waals surface area contributed by atoms with Gasteiger partial charge in [-0.3, -0.25) is 29.4 Å². The second-order valence-corrected chi connectivity index (χ2v) is 8.09. The minimum Gasteiger partial charge on any atom is -0.445 e. The van der Waals surface area contributed by atoms with E-state index in [0.29, 0.717) is 10.6 Å². The number of nitrogens with two attached hydrogens (primary N) is 1. The number of rotatable bonds is 11. The van der Waals surface area contributed by atoms with Crippen molar-refractivity contribution in [2.75, 3.05) is 6.54 Å². The maximum absolute atomic E-state index is 12.6. The Balaban J connectivity index is 1.89. The highest BCUT2D eigenvalue weighted by molar-refractivity contribution is 6.08. The molecule has 0 heterocycles. The number of nitrogens with zero attached hydrogens (tertiary/aromatic N) is 1. The van der Waals surface area contributed by atoms with E-state index in [0.717, 1.165) is 17.7 Å². The SMILES string of the molecule is C[C@H](NC(=O)OCc1ccccc1)C(=O)N[C@@H](C)C(=O)NN(CC(N)=O)C(=O)/C=C/C(=O)c1ccccc1. The highest BCUT2D eigenvalue weighted by atomic mass is 16.5. The van der Waals surface area contributed by atoms with E-state index in [2.05, 4.69) is 16.1 Å². The highest BCUT2D eigenvalue weighted by Crippen LogP contribution is 2.02. The zero-order valence-corrected chi connectivity index (χ0v) is 20.9. The van der Waals surface area contributed by atoms with Crippen molar-refractivity contribution in [2.45, 2.75) is 32.5 Å². The zero-order valence-electron chi connectivity index (χ0n) is 20.9. The van der Waals surface area contributed by atoms with E-state index >= 15 is 0 Å². The smallest absolute Gasteiger partial charge is 0.408 e. The standard InChI is InChI=1S/C26H29N5O7/c1-17(29-26(37)38-16-19-9-5-3-6-10-19)24(35)28-18(2)25(36)30-31(15-22(27)33)23(34)14-13-21(32)20-11-7-4-8-12-20/h3-14,17-18H,15-16H2,1-2H3,(H2,27,33)(H,28,35)(H,29,37)(H,30,36)/b14-13+/t17-,18-/m0/s1. The summed E-state index contributed by atoms with van der Waals surface area (Å²) < 4.78 is 5.06. The third-order valence-corrected chi connectivity index (χ3v) is 4.95. The first-order chi connectivity index (χ1) is 18.1. The van der Waals surface area contributed by atoms with Crippen LogP contribution < -0.4 is 21.8 Å². The summed E-state index contributed by atoms with van der Waals surface area (Å²) in [6, 6.07) is 14.9. The Morgan fingerprint density at radius 2 is 1.42 bits per heavy atom. The van der Waals surface area contributed by atoms with Crippen LogP contribution in [0.4, 0.5) is 4.79 Å². The second kappa shape index (κ2) is 14.5. The van der Waals surface area contributed by atoms with Crippen molar-refractivity contribution >= 4 is 35.5 Å². The van der Waals surface area contributed by atoms with Gasteiger partial charge in [0.25, 0.3) is 11.8 Å². The van der Waals surface area contributed by atoms with Gasteiger partial charge in [-0.2, -0.15) is 0 Å². The van der Waals surface area contributed by atoms with Gasteiger partial charge in [-0.25, -0.2) is 9.80 Å². The normalized spacial score (nSPS) is 12.1. The van der Waals surface area contributed by atoms with Gasteiger partial charge in [0, 0.05) is 11.6 Å². The molecule has 38 heavy (non-hydrogen) atoms. The molecule has 12 heteroatoms. The number of hydrogen-bond donors (Lipinski definition) is 4. The molecule has 2 aromatic carbocycles. The van der Waals surface area contributed by atoms with Crippen molar-refractivity contribution < 1.29 is 33.5 Å². The average molecular weight is 524 g/mol. The van der Waals surface area contributed by atoms with Crippen molar-refractivity contribution in [3.05, 3.63) is 83.9 Å². The molecule has 2 atom stereocenters. The molecule has 0 aliphatic heterocycles. The highest BCUT2D eigenvalue weighted by Gasteiger charge is 2.24. The van der Waals surface area contributed by atoms with E-state index in [1.165, 1.54) is 13.8 Å². The molecule has 2 rings (SSSR count). The molecule has 0 fully saturated rings. The van der Waals surface area contributed by atoms with Gasteiger partial charge < -0.3 is 21.1 Å². The van der Waals surface area contributed by atoms with Crippen LogP contribution in [-0.2, 0) is 30.5 Å². The molecule has 0 aromatic heterocycles. The molecule has 0 saturated carbocycles. The first-order valence-corrected chi connectivity index (χ1v) is 11.5. The van der Waals surface area contributed by atoms with Gasteiger partial charge in [-0.05, 0) is 25.5 Å². The summed E-state index contributed by atoms with van der Waals surface area (Å²) in [6.07, 6.45) is 1.05. The van der Waals surface area contributed by atoms with Crippen LogP contribution in [0.5, 0.6) is 0 Å². The maximum Gasteiger partial charge on any atom is 0.408 e. The molecular weight excluding hydrogens is 494 g/mol. The molecule has 12 nitrogen and oxygen atoms in total. The number of benzene rings is 2. The Bertz CT molecular complexity index is 1180. The number of carbonyl (C=O) groups is 6. The lowest BCUT2D eigenvalue weighted by Crippen LogP contribution is -2.56. The quantitative estimate of drug-likeness (QED) is 0.189. The van der Waals surface area contributed by atoms with Gasteiger partial charge in [0.15, 0.2) is 5.78 Å². The molecule has 5 amide bonds. The Morgan fingerprint density at radius 3 is 2.03 bits per heavy atom. The topological polar surface area (TPSA) is 177 Å². The number of allylic oxidation sites excluding steroid dienone is 1. The number of primary amides is 1. The Hall–Kier alpha value is -5.00. The Labute approximate surface area is 219 Å². The minimum atomic E-state index is -1.18. The van der Waals surface area contributed by atoms with Crippen LogP contribution >= 0.6 is 0 Å². The summed E-state index contributed by atoms with van der Waals surface area (Å²) in [5.41, 5.74) is 8.45. The number of nitrogens with one attached hydrogen (secondary N) is 3. The van der Waals surface area contributed by atoms with Crippen LogP contribution in [-0.4, -0.2) is 59.1 Å². The molecule has 200 valence electrons. The van der Waals surface area contributed by atoms with Gasteiger partial charge >= 0.3 is 6.09 Å². The van der Waals surface area contributed by atoms with Gasteiger partial charge in [0.1, 0.15) is 25.2 Å². The molecular formula is C26H29N5O7. The Morgan fingerprint density at radius 1 is 0.842 bits per heavy atom. The van der Waals surface area contributed by atoms with Gasteiger partial charge in [0.2, 0.25) is 11.8 Å². The number of ketones is 1. The molecule has 5 N–H and O–H groups in total. The third-order valence-electron chi connectivity index (χ3n) is 4.95. The fourth-order valence-corrected chi connectivity index (χ4v) is 2.90. The number of carbonyl (C=O) groups excluding carboxylic acids is 6. The molecule has 0 saturated heterocycles. The van der Waals surface area contributed by atoms with Gasteiger partial charge in [-0.15, -0.1) is 0 Å². The molecule has 0 radical (unpaired) electrons. The Kier molecular flexibility index (Phi) is 11.2. The monoisotopic (exact) mass is 523 g/mol. The third kappa shape index (κ3) is 9.93. The molecule has 0 bridgehead atoms. The van der Waals surface area contributed by atoms with E-state index < -0.39 is 54.1 Å². The lowest BCUT2D eigenvalue weighted by molar-refractivity contribution is -0.142. The van der Waals surface area contributed by atoms with Crippen molar-refractivity contribution in [1.29, 1.82) is 0 Å². The lowest BCUT2D eigenvalue weighted by Gasteiger charge is -2.24. The number of hydrogen-bond acceptors (Lipinski definition) is 7. The molecule has 2 aromatic rings. The average Bonchev–Trinajstić information content (AvgIpc) is 2.90. The molecule has 0 aliphatic rings. The second-order valence-electron chi connectivity index (χ2n) is 8.09. The summed E-state index contributed by atoms with van der Waals surface area (Å²) in [4.78, 5) is 73.0. The number of alkyl carbamates (subject to hydrolysis) is 1. The van der Waals surface area contributed by atoms with E-state index in [-0.39, 0.29) is 6.61 Å². The van der Waals surface area contributed by atoms with Gasteiger partial charge in [0.05, 0.1) is 0 Å². The van der Waals surface area contributed by atoms with Crippen LogP contribution in [0, 0.1) is 0 Å². The lowest BCUT2D eigenvalue weighted by atomic mass is 10.1. The number of amides is 5. The van der Waals surface area contributed by atoms with Crippen LogP contribution in [0.25, 0.3) is 0 Å². The van der Waals surface area contributed by atoms with Crippen molar-refractivity contribution in [3.63, 3.8) is 0 Å². The predicted octanol–water partition coefficient (Wildman–Crippen LogP) is 0.590. The van der Waals surface area contributed by atoms with Crippen molar-refractivity contribution in [3.8, 4) is 0 Å². The summed E-state index contributed by atoms with van der Waals surface area (Å²) in [6.45, 7) is 2.05. The minimum absolute atomic E-state index is 0.00887. The van der Waals surface area contributed by atoms with Crippen LogP contribution in [0.15, 0.2) is 72.8 Å². The van der Waals surface area contributed by atoms with Crippen molar-refractivity contribution in [1.82, 2.24) is 21.1 Å². The molecule has 0 unspecified atom stereocenters. The summed E-state index contributed by atoms with van der Waals surface area (Å²) in [5, 5.41) is 5.34. The van der Waals surface area contributed by atoms with Crippen LogP contribution in [0.1, 0.15) is 29.8 Å². The first-order valence-electron chi connectivity index (χ1n) is 11.5. The summed E-state index contributed by atoms with van der Waals surface area (Å²) in [5.74, 6) is -3.84. The summed E-state index contributed by atoms with van der Waals surface area (Å²) >= 11 is 0. The van der Waals surface area contributed by atoms with E-state index in [4.69, 9.17) is 10.5 Å². The van der Waals surface area contributed by atoms with E-state index in [1.54, 1.807) is 54.6 Å². The van der Waals surface area contributed by atoms with Crippen molar-refractivity contribution in [2.24, 2.45) is 5.73 Å². The first kappa shape index (κ1) is 29.2. The number of ether oxygens (including phenoxy) is 1. The fraction of sp³-hybridized carbons (Fsp3) is 0.231. The van der Waals surface area contributed by atoms with Gasteiger partial charge in [-0.1, -0.05) is 60.7 Å². The summed E-state index contributed by atoms with van der Waals surface area (Å²) in [7, 11) is 0. The molecule has 0 spiro atoms. The largest absolute Gasteiger partial charge is 0.445 e. The fourth-order valence-electron chi connectivity index (χ4n) is 2.90. The zero-order chi connectivity index (χ0) is 28.1. The van der Waals surface area contributed by atoms with Crippen LogP contribution in [0.3, 0.4) is 0 Å². The van der Waals surface area contributed by atoms with Crippen LogP contribution in [0.2, 0.25) is 0 Å². The maximum atomic E-state index is 12.6.